The van der Waals surface area contributed by atoms with Crippen LogP contribution in [-0.2, 0) is 4.79 Å². The van der Waals surface area contributed by atoms with E-state index in [0.717, 1.165) is 4.47 Å². The van der Waals surface area contributed by atoms with Crippen molar-refractivity contribution >= 4 is 33.6 Å². The van der Waals surface area contributed by atoms with Crippen molar-refractivity contribution in [3.05, 3.63) is 22.7 Å². The van der Waals surface area contributed by atoms with Crippen molar-refractivity contribution in [3.8, 4) is 5.75 Å². The van der Waals surface area contributed by atoms with Crippen LogP contribution in [0.1, 0.15) is 12.8 Å². The van der Waals surface area contributed by atoms with E-state index in [1.54, 1.807) is 32.4 Å². The third-order valence-electron chi connectivity index (χ3n) is 2.59. The van der Waals surface area contributed by atoms with Gasteiger partial charge in [-0.25, -0.2) is 4.79 Å². The molecule has 0 aliphatic heterocycles. The Morgan fingerprint density at radius 3 is 2.70 bits per heavy atom. The number of aliphatic carboxylic acids is 1. The third-order valence-corrected chi connectivity index (χ3v) is 3.05. The van der Waals surface area contributed by atoms with Gasteiger partial charge in [0.25, 0.3) is 0 Å². The van der Waals surface area contributed by atoms with Crippen LogP contribution in [0.2, 0.25) is 0 Å². The summed E-state index contributed by atoms with van der Waals surface area (Å²) in [4.78, 5) is 23.8. The number of nitrogens with zero attached hydrogens (tertiary/aromatic N) is 1. The second-order valence-corrected chi connectivity index (χ2v) is 5.14. The first kappa shape index (κ1) is 16.3. The van der Waals surface area contributed by atoms with Crippen LogP contribution < -0.4 is 10.1 Å². The molecule has 0 saturated carbocycles. The van der Waals surface area contributed by atoms with Gasteiger partial charge >= 0.3 is 12.0 Å². The summed E-state index contributed by atoms with van der Waals surface area (Å²) in [5, 5.41) is 11.3. The Balaban J connectivity index is 2.56. The lowest BCUT2D eigenvalue weighted by atomic mass is 10.3. The van der Waals surface area contributed by atoms with Gasteiger partial charge in [0.15, 0.2) is 0 Å². The fraction of sp³-hybridized carbons (Fsp3) is 0.385. The number of benzene rings is 1. The first-order valence-corrected chi connectivity index (χ1v) is 6.80. The van der Waals surface area contributed by atoms with E-state index in [1.165, 1.54) is 4.90 Å². The molecule has 0 unspecified atom stereocenters. The summed E-state index contributed by atoms with van der Waals surface area (Å²) in [5.74, 6) is -0.237. The van der Waals surface area contributed by atoms with Crippen LogP contribution >= 0.6 is 15.9 Å². The summed E-state index contributed by atoms with van der Waals surface area (Å²) in [5.41, 5.74) is 0.603. The fourth-order valence-corrected chi connectivity index (χ4v) is 2.01. The molecule has 20 heavy (non-hydrogen) atoms. The van der Waals surface area contributed by atoms with E-state index in [-0.39, 0.29) is 12.5 Å². The van der Waals surface area contributed by atoms with Crippen molar-refractivity contribution in [2.45, 2.75) is 12.8 Å². The summed E-state index contributed by atoms with van der Waals surface area (Å²) in [7, 11) is 3.16. The fourth-order valence-electron chi connectivity index (χ4n) is 1.54. The van der Waals surface area contributed by atoms with Crippen molar-refractivity contribution in [1.82, 2.24) is 4.90 Å². The van der Waals surface area contributed by atoms with Gasteiger partial charge < -0.3 is 20.1 Å². The van der Waals surface area contributed by atoms with Crippen LogP contribution in [0.25, 0.3) is 0 Å². The van der Waals surface area contributed by atoms with Gasteiger partial charge in [-0.05, 0) is 18.6 Å². The average Bonchev–Trinajstić information content (AvgIpc) is 2.37. The van der Waals surface area contributed by atoms with Gasteiger partial charge in [-0.1, -0.05) is 15.9 Å². The summed E-state index contributed by atoms with van der Waals surface area (Å²) < 4.78 is 5.90. The van der Waals surface area contributed by atoms with E-state index in [9.17, 15) is 9.59 Å². The Hall–Kier alpha value is -1.76. The molecule has 1 rings (SSSR count). The molecule has 1 aromatic rings. The summed E-state index contributed by atoms with van der Waals surface area (Å²) in [6, 6.07) is 4.95. The van der Waals surface area contributed by atoms with E-state index in [4.69, 9.17) is 9.84 Å². The monoisotopic (exact) mass is 344 g/mol. The van der Waals surface area contributed by atoms with Gasteiger partial charge in [0, 0.05) is 36.2 Å². The van der Waals surface area contributed by atoms with Crippen LogP contribution in [0.4, 0.5) is 10.5 Å². The molecule has 0 saturated heterocycles. The van der Waals surface area contributed by atoms with Gasteiger partial charge in [0.05, 0.1) is 7.11 Å². The Bertz CT molecular complexity index is 493. The highest BCUT2D eigenvalue weighted by Gasteiger charge is 2.10. The molecule has 2 N–H and O–H groups in total. The first-order chi connectivity index (χ1) is 9.42. The molecule has 0 fully saturated rings. The number of amides is 2. The normalized spacial score (nSPS) is 9.95. The molecule has 6 nitrogen and oxygen atoms in total. The maximum atomic E-state index is 11.9. The zero-order chi connectivity index (χ0) is 15.1. The predicted octanol–water partition coefficient (Wildman–Crippen LogP) is 2.79. The molecule has 7 heteroatoms. The molecule has 0 spiro atoms. The van der Waals surface area contributed by atoms with E-state index < -0.39 is 5.97 Å². The summed E-state index contributed by atoms with van der Waals surface area (Å²) in [6.07, 6.45) is 0.462. The first-order valence-electron chi connectivity index (χ1n) is 6.01. The number of halogens is 1. The van der Waals surface area contributed by atoms with Crippen LogP contribution in [0.15, 0.2) is 22.7 Å². The van der Waals surface area contributed by atoms with Gasteiger partial charge in [0.2, 0.25) is 0 Å². The number of anilines is 1. The van der Waals surface area contributed by atoms with Gasteiger partial charge in [-0.2, -0.15) is 0 Å². The van der Waals surface area contributed by atoms with Gasteiger partial charge in [-0.15, -0.1) is 0 Å². The summed E-state index contributed by atoms with van der Waals surface area (Å²) in [6.45, 7) is 0.378. The molecular weight excluding hydrogens is 328 g/mol. The quantitative estimate of drug-likeness (QED) is 0.831. The minimum atomic E-state index is -0.865. The Kier molecular flexibility index (Phi) is 6.30. The van der Waals surface area contributed by atoms with Crippen molar-refractivity contribution in [2.24, 2.45) is 0 Å². The lowest BCUT2D eigenvalue weighted by Crippen LogP contribution is -2.32. The maximum absolute atomic E-state index is 11.9. The Morgan fingerprint density at radius 2 is 2.10 bits per heavy atom. The van der Waals surface area contributed by atoms with Crippen molar-refractivity contribution in [3.63, 3.8) is 0 Å². The minimum absolute atomic E-state index is 0.0440. The molecule has 0 atom stereocenters. The zero-order valence-electron chi connectivity index (χ0n) is 11.4. The molecule has 0 aromatic heterocycles. The smallest absolute Gasteiger partial charge is 0.321 e. The predicted molar refractivity (Wildman–Crippen MR) is 79.2 cm³/mol. The highest BCUT2D eigenvalue weighted by Crippen LogP contribution is 2.24. The van der Waals surface area contributed by atoms with Crippen LogP contribution in [0.5, 0.6) is 5.75 Å². The molecule has 0 radical (unpaired) electrons. The number of hydrogen-bond donors (Lipinski definition) is 2. The Morgan fingerprint density at radius 1 is 1.40 bits per heavy atom. The molecule has 0 aliphatic carbocycles. The molecule has 110 valence electrons. The number of ether oxygens (including phenoxy) is 1. The number of rotatable bonds is 6. The SMILES string of the molecule is COc1cc(Br)cc(NC(=O)N(C)CCCC(=O)O)c1. The van der Waals surface area contributed by atoms with Crippen LogP contribution in [-0.4, -0.2) is 42.7 Å². The largest absolute Gasteiger partial charge is 0.497 e. The average molecular weight is 345 g/mol. The van der Waals surface area contributed by atoms with E-state index in [2.05, 4.69) is 21.2 Å². The van der Waals surface area contributed by atoms with Crippen LogP contribution in [0, 0.1) is 0 Å². The lowest BCUT2D eigenvalue weighted by Gasteiger charge is -2.18. The number of urea groups is 1. The summed E-state index contributed by atoms with van der Waals surface area (Å²) >= 11 is 3.33. The van der Waals surface area contributed by atoms with Gasteiger partial charge in [0.1, 0.15) is 5.75 Å². The number of carbonyl (C=O) groups is 2. The number of methoxy groups -OCH3 is 1. The van der Waals surface area contributed by atoms with Crippen molar-refractivity contribution in [2.75, 3.05) is 26.0 Å². The lowest BCUT2D eigenvalue weighted by molar-refractivity contribution is -0.137. The number of carbonyl (C=O) groups excluding carboxylic acids is 1. The van der Waals surface area contributed by atoms with Crippen molar-refractivity contribution in [1.29, 1.82) is 0 Å². The zero-order valence-corrected chi connectivity index (χ0v) is 12.9. The second kappa shape index (κ2) is 7.74. The molecule has 0 heterocycles. The molecule has 0 aliphatic rings. The highest BCUT2D eigenvalue weighted by molar-refractivity contribution is 9.10. The standard InChI is InChI=1S/C13H17BrN2O4/c1-16(5-3-4-12(17)18)13(19)15-10-6-9(14)7-11(8-10)20-2/h6-8H,3-5H2,1-2H3,(H,15,19)(H,17,18). The molecular formula is C13H17BrN2O4. The molecule has 1 aromatic carbocycles. The highest BCUT2D eigenvalue weighted by atomic mass is 79.9. The maximum Gasteiger partial charge on any atom is 0.321 e. The Labute approximate surface area is 125 Å². The third kappa shape index (κ3) is 5.48. The van der Waals surface area contributed by atoms with Gasteiger partial charge in [-0.3, -0.25) is 4.79 Å². The topological polar surface area (TPSA) is 78.9 Å². The second-order valence-electron chi connectivity index (χ2n) is 4.23. The van der Waals surface area contributed by atoms with E-state index >= 15 is 0 Å². The number of hydrogen-bond acceptors (Lipinski definition) is 3. The minimum Gasteiger partial charge on any atom is -0.497 e. The number of carboxylic acid groups (broad SMARTS) is 1. The van der Waals surface area contributed by atoms with Crippen molar-refractivity contribution < 1.29 is 19.4 Å². The van der Waals surface area contributed by atoms with Crippen LogP contribution in [0.3, 0.4) is 0 Å². The molecule has 0 bridgehead atoms. The molecule has 2 amide bonds. The van der Waals surface area contributed by atoms with E-state index in [0.29, 0.717) is 24.4 Å². The number of carboxylic acids is 1. The number of nitrogens with one attached hydrogen (secondary N) is 1. The van der Waals surface area contributed by atoms with E-state index in [1.807, 2.05) is 0 Å².